The van der Waals surface area contributed by atoms with E-state index in [9.17, 15) is 0 Å². The summed E-state index contributed by atoms with van der Waals surface area (Å²) in [5.74, 6) is 0. The lowest BCUT2D eigenvalue weighted by Crippen LogP contribution is -2.30. The van der Waals surface area contributed by atoms with Gasteiger partial charge in [-0.15, -0.1) is 0 Å². The van der Waals surface area contributed by atoms with E-state index in [-0.39, 0.29) is 0 Å². The second-order valence-corrected chi connectivity index (χ2v) is 9.52. The van der Waals surface area contributed by atoms with Gasteiger partial charge in [0.1, 0.15) is 18.2 Å². The number of fused-ring (bicyclic) bond motifs is 4. The van der Waals surface area contributed by atoms with E-state index in [4.69, 9.17) is 16.5 Å². The molecule has 5 aromatic rings. The maximum Gasteiger partial charge on any atom is 0.216 e. The summed E-state index contributed by atoms with van der Waals surface area (Å²) in [5, 5.41) is 1.58. The van der Waals surface area contributed by atoms with Gasteiger partial charge in [-0.2, -0.15) is 0 Å². The summed E-state index contributed by atoms with van der Waals surface area (Å²) in [4.78, 5) is 3.79. The lowest BCUT2D eigenvalue weighted by Gasteiger charge is -2.14. The first-order valence-electron chi connectivity index (χ1n) is 13.4. The van der Waals surface area contributed by atoms with Gasteiger partial charge in [-0.05, 0) is 53.4 Å². The van der Waals surface area contributed by atoms with Crippen molar-refractivity contribution in [3.8, 4) is 22.4 Å². The molecule has 3 nitrogen and oxygen atoms in total. The minimum atomic E-state index is -1.86. The van der Waals surface area contributed by atoms with Gasteiger partial charge in [-0.25, -0.2) is 9.41 Å². The number of hydrogen-bond donors (Lipinski definition) is 0. The molecule has 0 saturated heterocycles. The molecule has 0 bridgehead atoms. The Balaban J connectivity index is 1.67. The zero-order valence-corrected chi connectivity index (χ0v) is 19.7. The van der Waals surface area contributed by atoms with E-state index in [0.29, 0.717) is 28.0 Å². The number of hydrogen-bond acceptors (Lipinski definition) is 1. The van der Waals surface area contributed by atoms with E-state index >= 15 is 0 Å². The van der Waals surface area contributed by atoms with Crippen LogP contribution in [0.3, 0.4) is 0 Å². The smallest absolute Gasteiger partial charge is 0.216 e. The Morgan fingerprint density at radius 3 is 2.62 bits per heavy atom. The molecule has 0 N–H and O–H groups in total. The van der Waals surface area contributed by atoms with E-state index in [2.05, 4.69) is 4.85 Å². The van der Waals surface area contributed by atoms with Crippen LogP contribution in [0.25, 0.3) is 49.2 Å². The number of furan rings is 1. The molecule has 0 amide bonds. The summed E-state index contributed by atoms with van der Waals surface area (Å²) in [7, 11) is 1.99. The van der Waals surface area contributed by atoms with Crippen LogP contribution in [0, 0.1) is 18.9 Å². The van der Waals surface area contributed by atoms with E-state index < -0.39 is 18.2 Å². The number of rotatable bonds is 2. The summed E-state index contributed by atoms with van der Waals surface area (Å²) >= 11 is 0. The molecule has 1 aliphatic rings. The van der Waals surface area contributed by atoms with E-state index in [1.54, 1.807) is 32.0 Å². The molecule has 2 aromatic heterocycles. The second kappa shape index (κ2) is 7.30. The minimum absolute atomic E-state index is 0.358. The van der Waals surface area contributed by atoms with Crippen molar-refractivity contribution in [2.24, 2.45) is 12.5 Å². The van der Waals surface area contributed by atoms with Gasteiger partial charge in [0.05, 0.1) is 12.1 Å². The van der Waals surface area contributed by atoms with Crippen LogP contribution in [0.15, 0.2) is 71.3 Å². The molecule has 0 radical (unpaired) electrons. The Morgan fingerprint density at radius 1 is 1.00 bits per heavy atom. The average molecular weight is 448 g/mol. The maximum atomic E-state index is 8.83. The normalized spacial score (nSPS) is 19.1. The van der Waals surface area contributed by atoms with Crippen LogP contribution in [0.5, 0.6) is 0 Å². The minimum Gasteiger partial charge on any atom is -0.456 e. The van der Waals surface area contributed by atoms with Gasteiger partial charge < -0.3 is 4.42 Å². The summed E-state index contributed by atoms with van der Waals surface area (Å²) in [6, 6.07) is 19.0. The van der Waals surface area contributed by atoms with Crippen molar-refractivity contribution in [1.29, 1.82) is 0 Å². The first-order chi connectivity index (χ1) is 17.9. The van der Waals surface area contributed by atoms with Gasteiger partial charge in [-0.3, -0.25) is 0 Å². The van der Waals surface area contributed by atoms with Crippen LogP contribution in [-0.2, 0) is 19.8 Å². The zero-order chi connectivity index (χ0) is 27.2. The Bertz CT molecular complexity index is 1840. The third kappa shape index (κ3) is 3.06. The monoisotopic (exact) mass is 447 g/mol. The summed E-state index contributed by atoms with van der Waals surface area (Å²) in [6.45, 7) is 13.2. The molecule has 0 saturated carbocycles. The SMILES string of the molecule is [2H]C1([2H])c2ccc(-c3ccc([N+]#[C-])c4c3oc3c(-c5cccc[n+]5C)c(C)ccc34)cc2C([2H])([2H])C1(C)C. The van der Waals surface area contributed by atoms with Crippen molar-refractivity contribution in [3.05, 3.63) is 95.0 Å². The topological polar surface area (TPSA) is 21.4 Å². The number of pyridine rings is 1. The third-order valence-corrected chi connectivity index (χ3v) is 6.63. The lowest BCUT2D eigenvalue weighted by atomic mass is 9.90. The highest BCUT2D eigenvalue weighted by Crippen LogP contribution is 2.45. The van der Waals surface area contributed by atoms with Crippen molar-refractivity contribution in [1.82, 2.24) is 0 Å². The van der Waals surface area contributed by atoms with Crippen LogP contribution in [0.1, 0.15) is 36.0 Å². The fraction of sp³-hybridized carbons (Fsp3) is 0.226. The molecule has 34 heavy (non-hydrogen) atoms. The molecule has 166 valence electrons. The van der Waals surface area contributed by atoms with Crippen LogP contribution < -0.4 is 4.57 Å². The number of aromatic nitrogens is 1. The van der Waals surface area contributed by atoms with Gasteiger partial charge in [0.2, 0.25) is 5.69 Å². The molecule has 3 aromatic carbocycles. The number of nitrogens with zero attached hydrogens (tertiary/aromatic N) is 2. The van der Waals surface area contributed by atoms with Gasteiger partial charge in [0, 0.05) is 34.0 Å². The molecule has 0 atom stereocenters. The van der Waals surface area contributed by atoms with E-state index in [1.807, 2.05) is 67.2 Å². The second-order valence-electron chi connectivity index (χ2n) is 9.52. The fourth-order valence-corrected chi connectivity index (χ4v) is 5.08. The Kier molecular flexibility index (Phi) is 3.58. The van der Waals surface area contributed by atoms with Gasteiger partial charge in [0.25, 0.3) is 0 Å². The standard InChI is InChI=1S/C31H27N2O/c1-19-9-12-24-28-25(32-4)14-13-23(20-10-11-21-17-31(2,3)18-22(21)16-20)29(28)34-30(24)27(19)26-8-6-7-15-33(26)5/h6-16H,17-18H2,1-3,5H3/q+1/i17D2,18D2. The first kappa shape index (κ1) is 16.7. The number of aryl methyl sites for hydroxylation is 2. The van der Waals surface area contributed by atoms with Crippen molar-refractivity contribution in [2.75, 3.05) is 0 Å². The predicted octanol–water partition coefficient (Wildman–Crippen LogP) is 7.73. The third-order valence-electron chi connectivity index (χ3n) is 6.63. The van der Waals surface area contributed by atoms with E-state index in [1.165, 1.54) is 0 Å². The molecule has 1 aliphatic carbocycles. The number of benzene rings is 3. The predicted molar refractivity (Wildman–Crippen MR) is 138 cm³/mol. The van der Waals surface area contributed by atoms with Crippen LogP contribution in [0.4, 0.5) is 5.69 Å². The van der Waals surface area contributed by atoms with Crippen molar-refractivity contribution in [2.45, 2.75) is 33.5 Å². The maximum absolute atomic E-state index is 8.83. The molecular weight excluding hydrogens is 416 g/mol. The fourth-order valence-electron chi connectivity index (χ4n) is 5.08. The highest BCUT2D eigenvalue weighted by Gasteiger charge is 2.29. The van der Waals surface area contributed by atoms with Crippen LogP contribution >= 0.6 is 0 Å². The highest BCUT2D eigenvalue weighted by atomic mass is 16.3. The quantitative estimate of drug-likeness (QED) is 0.200. The Labute approximate surface area is 205 Å². The molecule has 0 aliphatic heterocycles. The summed E-state index contributed by atoms with van der Waals surface area (Å²) in [5.41, 5.74) is 5.75. The average Bonchev–Trinajstić information content (AvgIpc) is 3.31. The molecule has 6 rings (SSSR count). The van der Waals surface area contributed by atoms with Gasteiger partial charge in [-0.1, -0.05) is 56.3 Å². The van der Waals surface area contributed by atoms with Gasteiger partial charge >= 0.3 is 0 Å². The molecule has 3 heteroatoms. The van der Waals surface area contributed by atoms with Crippen LogP contribution in [0.2, 0.25) is 0 Å². The Morgan fingerprint density at radius 2 is 1.82 bits per heavy atom. The van der Waals surface area contributed by atoms with E-state index in [0.717, 1.165) is 38.7 Å². The molecule has 0 spiro atoms. The van der Waals surface area contributed by atoms with Gasteiger partial charge in [0.15, 0.2) is 11.9 Å². The summed E-state index contributed by atoms with van der Waals surface area (Å²) in [6.07, 6.45) is -1.69. The lowest BCUT2D eigenvalue weighted by molar-refractivity contribution is -0.660. The largest absolute Gasteiger partial charge is 0.456 e. The highest BCUT2D eigenvalue weighted by molar-refractivity contribution is 6.18. The summed E-state index contributed by atoms with van der Waals surface area (Å²) < 4.78 is 43.7. The molecule has 2 heterocycles. The molecular formula is C31H27N2O+. The van der Waals surface area contributed by atoms with Crippen LogP contribution in [-0.4, -0.2) is 0 Å². The van der Waals surface area contributed by atoms with Crippen molar-refractivity contribution < 1.29 is 14.5 Å². The molecule has 0 fully saturated rings. The Hall–Kier alpha value is -3.90. The zero-order valence-electron chi connectivity index (χ0n) is 23.7. The van der Waals surface area contributed by atoms with Crippen molar-refractivity contribution in [3.63, 3.8) is 0 Å². The first-order valence-corrected chi connectivity index (χ1v) is 11.4. The molecule has 0 unspecified atom stereocenters. The van der Waals surface area contributed by atoms with Crippen molar-refractivity contribution >= 4 is 27.6 Å².